The Morgan fingerprint density at radius 2 is 1.70 bits per heavy atom. The van der Waals surface area contributed by atoms with E-state index in [2.05, 4.69) is 5.32 Å². The summed E-state index contributed by atoms with van der Waals surface area (Å²) in [5.74, 6) is 1.75. The van der Waals surface area contributed by atoms with E-state index < -0.39 is 0 Å². The predicted molar refractivity (Wildman–Crippen MR) is 103 cm³/mol. The lowest BCUT2D eigenvalue weighted by Crippen LogP contribution is -2.46. The summed E-state index contributed by atoms with van der Waals surface area (Å²) in [6, 6.07) is 3.41. The van der Waals surface area contributed by atoms with Gasteiger partial charge in [-0.25, -0.2) is 0 Å². The minimum Gasteiger partial charge on any atom is -0.493 e. The Morgan fingerprint density at radius 1 is 1.11 bits per heavy atom. The second-order valence-electron chi connectivity index (χ2n) is 6.34. The van der Waals surface area contributed by atoms with E-state index in [1.807, 2.05) is 0 Å². The SMILES string of the molecule is COc1cc(C(=O)N2CCC(NC(=O)CCCCl)CC2)cc(OC)c1OC. The van der Waals surface area contributed by atoms with Gasteiger partial charge in [0.25, 0.3) is 5.91 Å². The normalized spacial score (nSPS) is 14.6. The second-order valence-corrected chi connectivity index (χ2v) is 6.72. The van der Waals surface area contributed by atoms with Crippen molar-refractivity contribution in [2.45, 2.75) is 31.7 Å². The minimum absolute atomic E-state index is 0.0186. The first kappa shape index (κ1) is 21.2. The number of hydrogen-bond acceptors (Lipinski definition) is 5. The maximum absolute atomic E-state index is 12.9. The number of amides is 2. The van der Waals surface area contributed by atoms with Gasteiger partial charge in [0.15, 0.2) is 11.5 Å². The van der Waals surface area contributed by atoms with Crippen LogP contribution in [0.4, 0.5) is 0 Å². The summed E-state index contributed by atoms with van der Waals surface area (Å²) in [6.45, 7) is 1.16. The number of rotatable bonds is 8. The number of nitrogens with zero attached hydrogens (tertiary/aromatic N) is 1. The molecule has 0 bridgehead atoms. The van der Waals surface area contributed by atoms with E-state index in [4.69, 9.17) is 25.8 Å². The Hall–Kier alpha value is -2.15. The van der Waals surface area contributed by atoms with E-state index in [9.17, 15) is 9.59 Å². The van der Waals surface area contributed by atoms with Crippen molar-refractivity contribution in [2.24, 2.45) is 0 Å². The number of carbonyl (C=O) groups is 2. The monoisotopic (exact) mass is 398 g/mol. The van der Waals surface area contributed by atoms with Crippen LogP contribution >= 0.6 is 11.6 Å². The minimum atomic E-state index is -0.0961. The number of piperidine rings is 1. The van der Waals surface area contributed by atoms with Crippen LogP contribution in [0.5, 0.6) is 17.2 Å². The number of alkyl halides is 1. The molecule has 2 amide bonds. The molecule has 150 valence electrons. The van der Waals surface area contributed by atoms with Gasteiger partial charge in [-0.15, -0.1) is 11.6 Å². The van der Waals surface area contributed by atoms with Crippen LogP contribution in [0.3, 0.4) is 0 Å². The van der Waals surface area contributed by atoms with Crippen LogP contribution < -0.4 is 19.5 Å². The molecular weight excluding hydrogens is 372 g/mol. The predicted octanol–water partition coefficient (Wildman–Crippen LogP) is 2.45. The fourth-order valence-electron chi connectivity index (χ4n) is 3.14. The van der Waals surface area contributed by atoms with Gasteiger partial charge in [0.2, 0.25) is 11.7 Å². The van der Waals surface area contributed by atoms with Crippen LogP contribution in [-0.4, -0.2) is 63.1 Å². The number of benzene rings is 1. The van der Waals surface area contributed by atoms with Crippen LogP contribution in [0, 0.1) is 0 Å². The molecule has 0 aromatic heterocycles. The van der Waals surface area contributed by atoms with Crippen molar-refractivity contribution in [3.8, 4) is 17.2 Å². The highest BCUT2D eigenvalue weighted by atomic mass is 35.5. The summed E-state index contributed by atoms with van der Waals surface area (Å²) in [4.78, 5) is 26.5. The zero-order valence-electron chi connectivity index (χ0n) is 16.0. The summed E-state index contributed by atoms with van der Waals surface area (Å²) in [5, 5.41) is 3.01. The van der Waals surface area contributed by atoms with Crippen molar-refractivity contribution < 1.29 is 23.8 Å². The van der Waals surface area contributed by atoms with Gasteiger partial charge < -0.3 is 24.4 Å². The Bertz CT molecular complexity index is 634. The molecule has 0 radical (unpaired) electrons. The van der Waals surface area contributed by atoms with Crippen molar-refractivity contribution in [2.75, 3.05) is 40.3 Å². The average Bonchev–Trinajstić information content (AvgIpc) is 2.71. The van der Waals surface area contributed by atoms with Gasteiger partial charge in [0.05, 0.1) is 21.3 Å². The lowest BCUT2D eigenvalue weighted by Gasteiger charge is -2.32. The molecule has 1 fully saturated rings. The molecule has 1 heterocycles. The smallest absolute Gasteiger partial charge is 0.254 e. The molecule has 1 aromatic carbocycles. The molecule has 27 heavy (non-hydrogen) atoms. The summed E-state index contributed by atoms with van der Waals surface area (Å²) in [6.07, 6.45) is 2.56. The molecule has 0 atom stereocenters. The number of hydrogen-bond donors (Lipinski definition) is 1. The second kappa shape index (κ2) is 10.3. The summed E-state index contributed by atoms with van der Waals surface area (Å²) < 4.78 is 15.9. The van der Waals surface area contributed by atoms with Crippen molar-refractivity contribution in [1.82, 2.24) is 10.2 Å². The van der Waals surface area contributed by atoms with Gasteiger partial charge in [-0.1, -0.05) is 0 Å². The third-order valence-corrected chi connectivity index (χ3v) is 4.86. The van der Waals surface area contributed by atoms with Crippen molar-refractivity contribution in [1.29, 1.82) is 0 Å². The van der Waals surface area contributed by atoms with E-state index in [1.165, 1.54) is 21.3 Å². The van der Waals surface area contributed by atoms with Gasteiger partial charge in [-0.3, -0.25) is 9.59 Å². The molecule has 8 heteroatoms. The van der Waals surface area contributed by atoms with Crippen LogP contribution in [0.1, 0.15) is 36.0 Å². The summed E-state index contributed by atoms with van der Waals surface area (Å²) >= 11 is 5.61. The highest BCUT2D eigenvalue weighted by molar-refractivity contribution is 6.17. The maximum Gasteiger partial charge on any atom is 0.254 e. The molecule has 0 unspecified atom stereocenters. The zero-order valence-corrected chi connectivity index (χ0v) is 16.8. The highest BCUT2D eigenvalue weighted by Crippen LogP contribution is 2.38. The fourth-order valence-corrected chi connectivity index (χ4v) is 3.27. The van der Waals surface area contributed by atoms with Crippen LogP contribution in [0.2, 0.25) is 0 Å². The topological polar surface area (TPSA) is 77.1 Å². The molecule has 1 aromatic rings. The first-order chi connectivity index (χ1) is 13.0. The Morgan fingerprint density at radius 3 is 2.19 bits per heavy atom. The van der Waals surface area contributed by atoms with Gasteiger partial charge in [-0.05, 0) is 31.4 Å². The first-order valence-electron chi connectivity index (χ1n) is 8.98. The molecule has 1 N–H and O–H groups in total. The van der Waals surface area contributed by atoms with Crippen molar-refractivity contribution >= 4 is 23.4 Å². The van der Waals surface area contributed by atoms with Crippen LogP contribution in [-0.2, 0) is 4.79 Å². The molecule has 7 nitrogen and oxygen atoms in total. The molecule has 1 saturated heterocycles. The fraction of sp³-hybridized carbons (Fsp3) is 0.579. The molecule has 2 rings (SSSR count). The third-order valence-electron chi connectivity index (χ3n) is 4.60. The van der Waals surface area contributed by atoms with E-state index in [-0.39, 0.29) is 17.9 Å². The Balaban J connectivity index is 2.00. The molecular formula is C19H27ClN2O5. The van der Waals surface area contributed by atoms with Crippen LogP contribution in [0.15, 0.2) is 12.1 Å². The number of likely N-dealkylation sites (tertiary alicyclic amines) is 1. The Kier molecular flexibility index (Phi) is 8.03. The van der Waals surface area contributed by atoms with E-state index in [0.717, 1.165) is 12.8 Å². The number of nitrogens with one attached hydrogen (secondary N) is 1. The lowest BCUT2D eigenvalue weighted by molar-refractivity contribution is -0.122. The molecule has 1 aliphatic rings. The molecule has 0 aliphatic carbocycles. The van der Waals surface area contributed by atoms with E-state index >= 15 is 0 Å². The van der Waals surface area contributed by atoms with Gasteiger partial charge in [-0.2, -0.15) is 0 Å². The first-order valence-corrected chi connectivity index (χ1v) is 9.52. The van der Waals surface area contributed by atoms with Crippen LogP contribution in [0.25, 0.3) is 0 Å². The van der Waals surface area contributed by atoms with E-state index in [1.54, 1.807) is 17.0 Å². The number of methoxy groups -OCH3 is 3. The highest BCUT2D eigenvalue weighted by Gasteiger charge is 2.26. The van der Waals surface area contributed by atoms with E-state index in [0.29, 0.717) is 54.6 Å². The van der Waals surface area contributed by atoms with Gasteiger partial charge in [0.1, 0.15) is 0 Å². The van der Waals surface area contributed by atoms with Crippen molar-refractivity contribution in [3.63, 3.8) is 0 Å². The quantitative estimate of drug-likeness (QED) is 0.680. The van der Waals surface area contributed by atoms with Gasteiger partial charge in [0, 0.05) is 37.0 Å². The largest absolute Gasteiger partial charge is 0.493 e. The zero-order chi connectivity index (χ0) is 19.8. The Labute approximate surface area is 164 Å². The summed E-state index contributed by atoms with van der Waals surface area (Å²) in [7, 11) is 4.56. The molecule has 0 spiro atoms. The number of halogens is 1. The summed E-state index contributed by atoms with van der Waals surface area (Å²) in [5.41, 5.74) is 0.481. The lowest BCUT2D eigenvalue weighted by atomic mass is 10.0. The standard InChI is InChI=1S/C19H27ClN2O5/c1-25-15-11-13(12-16(26-2)18(15)27-3)19(24)22-9-6-14(7-10-22)21-17(23)5-4-8-20/h11-12,14H,4-10H2,1-3H3,(H,21,23). The number of ether oxygens (including phenoxy) is 3. The maximum atomic E-state index is 12.9. The number of carbonyl (C=O) groups excluding carboxylic acids is 2. The molecule has 0 saturated carbocycles. The van der Waals surface area contributed by atoms with Crippen molar-refractivity contribution in [3.05, 3.63) is 17.7 Å². The average molecular weight is 399 g/mol. The third kappa shape index (κ3) is 5.42. The molecule has 1 aliphatic heterocycles. The van der Waals surface area contributed by atoms with Gasteiger partial charge >= 0.3 is 0 Å².